The standard InChI is InChI=1S/C20H31N3O2/c1-4-25-19-7-5-6-16-17(19)8-9-18(16)21-20(24)23(3)14-15-10-12-22(2)13-11-15/h5-7,15,18H,4,8-14H2,1-3H3,(H,21,24). The van der Waals surface area contributed by atoms with Gasteiger partial charge < -0.3 is 19.9 Å². The van der Waals surface area contributed by atoms with E-state index in [-0.39, 0.29) is 12.1 Å². The number of hydrogen-bond acceptors (Lipinski definition) is 3. The van der Waals surface area contributed by atoms with Crippen LogP contribution >= 0.6 is 0 Å². The van der Waals surface area contributed by atoms with E-state index in [9.17, 15) is 4.79 Å². The number of carbonyl (C=O) groups is 1. The molecule has 1 aromatic rings. The third-order valence-corrected chi connectivity index (χ3v) is 5.54. The first-order chi connectivity index (χ1) is 12.1. The summed E-state index contributed by atoms with van der Waals surface area (Å²) in [6.45, 7) is 5.79. The first kappa shape index (κ1) is 18.1. The third-order valence-electron chi connectivity index (χ3n) is 5.54. The number of piperidine rings is 1. The zero-order valence-corrected chi connectivity index (χ0v) is 15.8. The zero-order chi connectivity index (χ0) is 17.8. The summed E-state index contributed by atoms with van der Waals surface area (Å²) >= 11 is 0. The summed E-state index contributed by atoms with van der Waals surface area (Å²) in [7, 11) is 4.08. The van der Waals surface area contributed by atoms with Gasteiger partial charge in [0.05, 0.1) is 12.6 Å². The molecule has 5 heteroatoms. The minimum absolute atomic E-state index is 0.0404. The summed E-state index contributed by atoms with van der Waals surface area (Å²) in [4.78, 5) is 16.9. The van der Waals surface area contributed by atoms with Crippen molar-refractivity contribution in [1.29, 1.82) is 0 Å². The maximum absolute atomic E-state index is 12.6. The molecule has 1 unspecified atom stereocenters. The summed E-state index contributed by atoms with van der Waals surface area (Å²) in [5, 5.41) is 3.22. The Labute approximate surface area is 151 Å². The van der Waals surface area contributed by atoms with Crippen molar-refractivity contribution in [3.8, 4) is 5.75 Å². The number of carbonyl (C=O) groups excluding carboxylic acids is 1. The van der Waals surface area contributed by atoms with Crippen LogP contribution in [0, 0.1) is 5.92 Å². The lowest BCUT2D eigenvalue weighted by atomic mass is 9.97. The predicted molar refractivity (Wildman–Crippen MR) is 100 cm³/mol. The van der Waals surface area contributed by atoms with E-state index >= 15 is 0 Å². The van der Waals surface area contributed by atoms with Crippen molar-refractivity contribution >= 4 is 6.03 Å². The Balaban J connectivity index is 1.56. The molecule has 1 aliphatic carbocycles. The summed E-state index contributed by atoms with van der Waals surface area (Å²) in [6, 6.07) is 6.31. The van der Waals surface area contributed by atoms with Gasteiger partial charge in [-0.25, -0.2) is 4.79 Å². The molecule has 2 aliphatic rings. The van der Waals surface area contributed by atoms with E-state index in [1.807, 2.05) is 31.0 Å². The number of hydrogen-bond donors (Lipinski definition) is 1. The normalized spacial score (nSPS) is 21.0. The van der Waals surface area contributed by atoms with E-state index in [1.54, 1.807) is 0 Å². The first-order valence-electron chi connectivity index (χ1n) is 9.53. The number of rotatable bonds is 5. The van der Waals surface area contributed by atoms with E-state index in [4.69, 9.17) is 4.74 Å². The lowest BCUT2D eigenvalue weighted by molar-refractivity contribution is 0.168. The Bertz CT molecular complexity index is 597. The molecule has 0 aromatic heterocycles. The number of nitrogens with zero attached hydrogens (tertiary/aromatic N) is 2. The number of likely N-dealkylation sites (tertiary alicyclic amines) is 1. The highest BCUT2D eigenvalue weighted by molar-refractivity contribution is 5.74. The molecule has 138 valence electrons. The Morgan fingerprint density at radius 3 is 2.80 bits per heavy atom. The van der Waals surface area contributed by atoms with Crippen LogP contribution in [0.15, 0.2) is 18.2 Å². The smallest absolute Gasteiger partial charge is 0.317 e. The number of benzene rings is 1. The molecule has 0 saturated carbocycles. The van der Waals surface area contributed by atoms with Gasteiger partial charge in [-0.3, -0.25) is 0 Å². The molecule has 1 N–H and O–H groups in total. The lowest BCUT2D eigenvalue weighted by Gasteiger charge is -2.32. The van der Waals surface area contributed by atoms with E-state index in [1.165, 1.54) is 24.0 Å². The SMILES string of the molecule is CCOc1cccc2c1CCC2NC(=O)N(C)CC1CCN(C)CC1. The van der Waals surface area contributed by atoms with Crippen LogP contribution < -0.4 is 10.1 Å². The van der Waals surface area contributed by atoms with Gasteiger partial charge in [0.15, 0.2) is 0 Å². The molecule has 1 saturated heterocycles. The first-order valence-corrected chi connectivity index (χ1v) is 9.53. The van der Waals surface area contributed by atoms with Gasteiger partial charge in [0.25, 0.3) is 0 Å². The minimum atomic E-state index is 0.0404. The summed E-state index contributed by atoms with van der Waals surface area (Å²) in [6.07, 6.45) is 4.28. The van der Waals surface area contributed by atoms with Crippen molar-refractivity contribution in [2.75, 3.05) is 40.3 Å². The Hall–Kier alpha value is -1.75. The van der Waals surface area contributed by atoms with Crippen LogP contribution in [0.1, 0.15) is 43.4 Å². The van der Waals surface area contributed by atoms with Crippen molar-refractivity contribution in [1.82, 2.24) is 15.1 Å². The van der Waals surface area contributed by atoms with E-state index in [2.05, 4.69) is 23.3 Å². The number of amides is 2. The summed E-state index contributed by atoms with van der Waals surface area (Å²) in [5.41, 5.74) is 2.47. The van der Waals surface area contributed by atoms with E-state index < -0.39 is 0 Å². The van der Waals surface area contributed by atoms with E-state index in [0.717, 1.165) is 38.2 Å². The third kappa shape index (κ3) is 4.27. The molecule has 0 radical (unpaired) electrons. The highest BCUT2D eigenvalue weighted by Crippen LogP contribution is 2.37. The molecular weight excluding hydrogens is 314 g/mol. The second kappa shape index (κ2) is 8.09. The Morgan fingerprint density at radius 2 is 2.08 bits per heavy atom. The van der Waals surface area contributed by atoms with Crippen LogP contribution in [-0.2, 0) is 6.42 Å². The molecule has 1 aliphatic heterocycles. The molecular formula is C20H31N3O2. The van der Waals surface area contributed by atoms with Crippen LogP contribution in [0.4, 0.5) is 4.79 Å². The fraction of sp³-hybridized carbons (Fsp3) is 0.650. The predicted octanol–water partition coefficient (Wildman–Crippen LogP) is 3.06. The minimum Gasteiger partial charge on any atom is -0.494 e. The van der Waals surface area contributed by atoms with Crippen LogP contribution in [0.3, 0.4) is 0 Å². The van der Waals surface area contributed by atoms with Crippen molar-refractivity contribution in [2.45, 2.75) is 38.6 Å². The Morgan fingerprint density at radius 1 is 1.32 bits per heavy atom. The number of ether oxygens (including phenoxy) is 1. The van der Waals surface area contributed by atoms with Gasteiger partial charge in [-0.1, -0.05) is 12.1 Å². The van der Waals surface area contributed by atoms with Gasteiger partial charge in [-0.05, 0) is 75.9 Å². The highest BCUT2D eigenvalue weighted by Gasteiger charge is 2.28. The number of urea groups is 1. The average molecular weight is 345 g/mol. The second-order valence-corrected chi connectivity index (χ2v) is 7.42. The Kier molecular flexibility index (Phi) is 5.84. The molecule has 5 nitrogen and oxygen atoms in total. The quantitative estimate of drug-likeness (QED) is 0.892. The number of nitrogens with one attached hydrogen (secondary N) is 1. The monoisotopic (exact) mass is 345 g/mol. The van der Waals surface area contributed by atoms with Gasteiger partial charge in [0.2, 0.25) is 0 Å². The van der Waals surface area contributed by atoms with Crippen LogP contribution in [0.25, 0.3) is 0 Å². The number of fused-ring (bicyclic) bond motifs is 1. The summed E-state index contributed by atoms with van der Waals surface area (Å²) in [5.74, 6) is 1.59. The topological polar surface area (TPSA) is 44.8 Å². The summed E-state index contributed by atoms with van der Waals surface area (Å²) < 4.78 is 5.73. The second-order valence-electron chi connectivity index (χ2n) is 7.42. The van der Waals surface area contributed by atoms with Crippen LogP contribution in [0.5, 0.6) is 5.75 Å². The average Bonchev–Trinajstić information content (AvgIpc) is 3.01. The van der Waals surface area contributed by atoms with Gasteiger partial charge in [0.1, 0.15) is 5.75 Å². The lowest BCUT2D eigenvalue weighted by Crippen LogP contribution is -2.43. The highest BCUT2D eigenvalue weighted by atomic mass is 16.5. The van der Waals surface area contributed by atoms with Crippen LogP contribution in [-0.4, -0.2) is 56.2 Å². The van der Waals surface area contributed by atoms with Crippen molar-refractivity contribution in [2.24, 2.45) is 5.92 Å². The van der Waals surface area contributed by atoms with Crippen molar-refractivity contribution in [3.63, 3.8) is 0 Å². The van der Waals surface area contributed by atoms with Crippen molar-refractivity contribution < 1.29 is 9.53 Å². The maximum Gasteiger partial charge on any atom is 0.317 e. The fourth-order valence-electron chi connectivity index (χ4n) is 4.04. The van der Waals surface area contributed by atoms with Crippen molar-refractivity contribution in [3.05, 3.63) is 29.3 Å². The largest absolute Gasteiger partial charge is 0.494 e. The zero-order valence-electron chi connectivity index (χ0n) is 15.8. The molecule has 0 bridgehead atoms. The van der Waals surface area contributed by atoms with E-state index in [0.29, 0.717) is 12.5 Å². The van der Waals surface area contributed by atoms with Gasteiger partial charge in [0, 0.05) is 13.6 Å². The fourth-order valence-corrected chi connectivity index (χ4v) is 4.04. The molecule has 1 aromatic carbocycles. The van der Waals surface area contributed by atoms with Gasteiger partial charge >= 0.3 is 6.03 Å². The van der Waals surface area contributed by atoms with Gasteiger partial charge in [-0.2, -0.15) is 0 Å². The molecule has 0 spiro atoms. The molecule has 1 heterocycles. The molecule has 3 rings (SSSR count). The van der Waals surface area contributed by atoms with Crippen LogP contribution in [0.2, 0.25) is 0 Å². The molecule has 1 fully saturated rings. The maximum atomic E-state index is 12.6. The molecule has 1 atom stereocenters. The van der Waals surface area contributed by atoms with Gasteiger partial charge in [-0.15, -0.1) is 0 Å². The molecule has 25 heavy (non-hydrogen) atoms. The molecule has 2 amide bonds.